The van der Waals surface area contributed by atoms with Crippen LogP contribution < -0.4 is 14.8 Å². The summed E-state index contributed by atoms with van der Waals surface area (Å²) in [7, 11) is 7.48. The number of amides is 2. The second kappa shape index (κ2) is 12.1. The van der Waals surface area contributed by atoms with Gasteiger partial charge in [0.15, 0.2) is 11.5 Å². The molecule has 2 aromatic rings. The molecule has 7 nitrogen and oxygen atoms in total. The summed E-state index contributed by atoms with van der Waals surface area (Å²) in [6.07, 6.45) is 0.479. The summed E-state index contributed by atoms with van der Waals surface area (Å²) in [5.74, 6) is 1.39. The summed E-state index contributed by atoms with van der Waals surface area (Å²) in [5.41, 5.74) is 0.252. The Kier molecular flexibility index (Phi) is 8.88. The summed E-state index contributed by atoms with van der Waals surface area (Å²) in [6, 6.07) is 9.51. The van der Waals surface area contributed by atoms with Gasteiger partial charge < -0.3 is 29.5 Å². The van der Waals surface area contributed by atoms with Crippen LogP contribution in [-0.2, 0) is 11.6 Å². The normalized spacial score (nSPS) is 25.6. The van der Waals surface area contributed by atoms with E-state index in [1.807, 2.05) is 11.0 Å². The SMILES string of the molecule is COc1ccc(C23CCC(N(C(=O)Nc4ccc(Cl)c(C(F)(F)F)c4)C4CCN(C)CC4)CC2N(C)CC3)cc1OC. The Hall–Kier alpha value is -2.69. The van der Waals surface area contributed by atoms with E-state index < -0.39 is 16.8 Å². The molecular formula is C31H40ClF3N4O3. The fraction of sp³-hybridized carbons (Fsp3) is 0.581. The lowest BCUT2D eigenvalue weighted by Crippen LogP contribution is -2.58. The summed E-state index contributed by atoms with van der Waals surface area (Å²) in [6.45, 7) is 2.66. The molecule has 0 bridgehead atoms. The smallest absolute Gasteiger partial charge is 0.417 e. The molecule has 2 aliphatic heterocycles. The predicted molar refractivity (Wildman–Crippen MR) is 158 cm³/mol. The van der Waals surface area contributed by atoms with E-state index in [2.05, 4.69) is 41.3 Å². The van der Waals surface area contributed by atoms with Gasteiger partial charge in [0.25, 0.3) is 0 Å². The zero-order chi connectivity index (χ0) is 30.2. The number of nitrogens with one attached hydrogen (secondary N) is 1. The van der Waals surface area contributed by atoms with Crippen molar-refractivity contribution in [3.8, 4) is 11.5 Å². The number of piperidine rings is 1. The van der Waals surface area contributed by atoms with Crippen LogP contribution in [0.2, 0.25) is 5.02 Å². The van der Waals surface area contributed by atoms with E-state index in [1.165, 1.54) is 17.7 Å². The molecule has 3 fully saturated rings. The quantitative estimate of drug-likeness (QED) is 0.406. The van der Waals surface area contributed by atoms with Gasteiger partial charge in [-0.2, -0.15) is 13.2 Å². The van der Waals surface area contributed by atoms with Crippen molar-refractivity contribution in [2.45, 2.75) is 68.2 Å². The Labute approximate surface area is 250 Å². The van der Waals surface area contributed by atoms with Gasteiger partial charge in [0.1, 0.15) is 0 Å². The molecule has 2 amide bonds. The average Bonchev–Trinajstić information content (AvgIpc) is 3.31. The molecule has 1 saturated carbocycles. The van der Waals surface area contributed by atoms with Crippen LogP contribution in [0, 0.1) is 0 Å². The molecule has 11 heteroatoms. The molecule has 2 saturated heterocycles. The maximum Gasteiger partial charge on any atom is 0.417 e. The van der Waals surface area contributed by atoms with Crippen LogP contribution in [0.4, 0.5) is 23.7 Å². The van der Waals surface area contributed by atoms with Gasteiger partial charge in [-0.1, -0.05) is 17.7 Å². The third kappa shape index (κ3) is 5.90. The van der Waals surface area contributed by atoms with Gasteiger partial charge in [-0.15, -0.1) is 0 Å². The van der Waals surface area contributed by atoms with Crippen LogP contribution in [-0.4, -0.2) is 86.8 Å². The number of ether oxygens (including phenoxy) is 2. The topological polar surface area (TPSA) is 57.3 Å². The number of fused-ring (bicyclic) bond motifs is 1. The number of halogens is 4. The predicted octanol–water partition coefficient (Wildman–Crippen LogP) is 6.50. The van der Waals surface area contributed by atoms with Crippen LogP contribution in [0.5, 0.6) is 11.5 Å². The minimum Gasteiger partial charge on any atom is -0.493 e. The maximum absolute atomic E-state index is 14.0. The highest BCUT2D eigenvalue weighted by Crippen LogP contribution is 2.51. The molecule has 1 N–H and O–H groups in total. The molecule has 2 aromatic carbocycles. The lowest BCUT2D eigenvalue weighted by molar-refractivity contribution is -0.137. The average molecular weight is 609 g/mol. The van der Waals surface area contributed by atoms with Crippen LogP contribution in [0.25, 0.3) is 0 Å². The van der Waals surface area contributed by atoms with E-state index in [0.717, 1.165) is 64.2 Å². The van der Waals surface area contributed by atoms with Crippen molar-refractivity contribution in [2.75, 3.05) is 53.3 Å². The minimum atomic E-state index is -4.62. The number of rotatable bonds is 6. The second-order valence-corrected chi connectivity index (χ2v) is 12.4. The number of hydrogen-bond donors (Lipinski definition) is 1. The molecule has 2 heterocycles. The molecular weight excluding hydrogens is 569 g/mol. The molecule has 3 aliphatic rings. The Morgan fingerprint density at radius 3 is 2.36 bits per heavy atom. The number of anilines is 1. The first-order chi connectivity index (χ1) is 20.0. The molecule has 0 aromatic heterocycles. The maximum atomic E-state index is 14.0. The van der Waals surface area contributed by atoms with E-state index in [0.29, 0.717) is 11.5 Å². The lowest BCUT2D eigenvalue weighted by Gasteiger charge is -2.50. The van der Waals surface area contributed by atoms with Crippen molar-refractivity contribution in [1.82, 2.24) is 14.7 Å². The Balaban J connectivity index is 1.43. The molecule has 230 valence electrons. The summed E-state index contributed by atoms with van der Waals surface area (Å²) < 4.78 is 51.7. The van der Waals surface area contributed by atoms with E-state index in [9.17, 15) is 18.0 Å². The van der Waals surface area contributed by atoms with Crippen molar-refractivity contribution < 1.29 is 27.4 Å². The van der Waals surface area contributed by atoms with Gasteiger partial charge >= 0.3 is 12.2 Å². The summed E-state index contributed by atoms with van der Waals surface area (Å²) in [5, 5.41) is 2.41. The van der Waals surface area contributed by atoms with E-state index >= 15 is 0 Å². The number of methoxy groups -OCH3 is 2. The highest BCUT2D eigenvalue weighted by atomic mass is 35.5. The van der Waals surface area contributed by atoms with E-state index in [-0.39, 0.29) is 35.3 Å². The lowest BCUT2D eigenvalue weighted by atomic mass is 9.64. The number of carbonyl (C=O) groups is 1. The van der Waals surface area contributed by atoms with Gasteiger partial charge in [0, 0.05) is 29.2 Å². The third-order valence-electron chi connectivity index (χ3n) is 9.69. The fourth-order valence-corrected chi connectivity index (χ4v) is 7.63. The number of urea groups is 1. The fourth-order valence-electron chi connectivity index (χ4n) is 7.41. The molecule has 1 aliphatic carbocycles. The van der Waals surface area contributed by atoms with Gasteiger partial charge in [0.2, 0.25) is 0 Å². The zero-order valence-electron chi connectivity index (χ0n) is 24.6. The number of hydrogen-bond acceptors (Lipinski definition) is 5. The minimum absolute atomic E-state index is 0.000811. The molecule has 0 radical (unpaired) electrons. The highest BCUT2D eigenvalue weighted by Gasteiger charge is 2.52. The standard InChI is InChI=1S/C31H40ClF3N4O3/c1-37-14-10-22(11-15-37)39(29(40)36-21-6-7-25(32)24(18-21)31(33,34)35)23-9-12-30(13-16-38(2)28(30)19-23)20-5-8-26(41-3)27(17-20)42-4/h5-8,17-18,22-23,28H,9-16,19H2,1-4H3,(H,36,40). The van der Waals surface area contributed by atoms with Crippen molar-refractivity contribution in [3.05, 3.63) is 52.5 Å². The zero-order valence-corrected chi connectivity index (χ0v) is 25.4. The largest absolute Gasteiger partial charge is 0.493 e. The number of nitrogens with zero attached hydrogens (tertiary/aromatic N) is 3. The first kappa shape index (κ1) is 30.8. The van der Waals surface area contributed by atoms with E-state index in [4.69, 9.17) is 21.1 Å². The Morgan fingerprint density at radius 1 is 0.976 bits per heavy atom. The van der Waals surface area contributed by atoms with Crippen molar-refractivity contribution in [3.63, 3.8) is 0 Å². The molecule has 3 unspecified atom stereocenters. The summed E-state index contributed by atoms with van der Waals surface area (Å²) >= 11 is 5.83. The van der Waals surface area contributed by atoms with Crippen LogP contribution in [0.3, 0.4) is 0 Å². The summed E-state index contributed by atoms with van der Waals surface area (Å²) in [4.78, 5) is 20.5. The van der Waals surface area contributed by atoms with Crippen LogP contribution >= 0.6 is 11.6 Å². The molecule has 0 spiro atoms. The third-order valence-corrected chi connectivity index (χ3v) is 10.0. The Bertz CT molecular complexity index is 1290. The van der Waals surface area contributed by atoms with Crippen LogP contribution in [0.15, 0.2) is 36.4 Å². The number of carbonyl (C=O) groups excluding carboxylic acids is 1. The number of benzene rings is 2. The van der Waals surface area contributed by atoms with Gasteiger partial charge in [-0.3, -0.25) is 0 Å². The Morgan fingerprint density at radius 2 is 1.69 bits per heavy atom. The van der Waals surface area contributed by atoms with Gasteiger partial charge in [-0.25, -0.2) is 4.79 Å². The monoisotopic (exact) mass is 608 g/mol. The van der Waals surface area contributed by atoms with Gasteiger partial charge in [-0.05, 0) is 108 Å². The van der Waals surface area contributed by atoms with Crippen LogP contribution in [0.1, 0.15) is 49.7 Å². The van der Waals surface area contributed by atoms with E-state index in [1.54, 1.807) is 14.2 Å². The molecule has 3 atom stereocenters. The number of likely N-dealkylation sites (tertiary alicyclic amines) is 2. The van der Waals surface area contributed by atoms with Gasteiger partial charge in [0.05, 0.1) is 24.8 Å². The van der Waals surface area contributed by atoms with Crippen molar-refractivity contribution >= 4 is 23.3 Å². The van der Waals surface area contributed by atoms with Crippen molar-refractivity contribution in [2.24, 2.45) is 0 Å². The van der Waals surface area contributed by atoms with Crippen molar-refractivity contribution in [1.29, 1.82) is 0 Å². The highest BCUT2D eigenvalue weighted by molar-refractivity contribution is 6.31. The number of alkyl halides is 3. The first-order valence-electron chi connectivity index (χ1n) is 14.5. The molecule has 5 rings (SSSR count). The molecule has 42 heavy (non-hydrogen) atoms. The first-order valence-corrected chi connectivity index (χ1v) is 14.9. The second-order valence-electron chi connectivity index (χ2n) is 12.0. The number of likely N-dealkylation sites (N-methyl/N-ethyl adjacent to an activating group) is 1.